The Morgan fingerprint density at radius 3 is 2.56 bits per heavy atom. The number of benzene rings is 1. The van der Waals surface area contributed by atoms with E-state index in [-0.39, 0.29) is 0 Å². The van der Waals surface area contributed by atoms with Crippen molar-refractivity contribution < 1.29 is 0 Å². The highest BCUT2D eigenvalue weighted by Gasteiger charge is 2.24. The third-order valence-corrected chi connectivity index (χ3v) is 5.14. The maximum absolute atomic E-state index is 6.02. The van der Waals surface area contributed by atoms with E-state index < -0.39 is 0 Å². The van der Waals surface area contributed by atoms with Gasteiger partial charge in [-0.3, -0.25) is 4.90 Å². The molecule has 1 saturated heterocycles. The van der Waals surface area contributed by atoms with Crippen molar-refractivity contribution in [2.24, 2.45) is 0 Å². The molecule has 2 aromatic heterocycles. The SMILES string of the molecule is Clc1ccc(CN2CCCC[C@H]2c2ccc(Nc3ncccn3)nc2)cc1. The van der Waals surface area contributed by atoms with Crippen molar-refractivity contribution >= 4 is 23.4 Å². The smallest absolute Gasteiger partial charge is 0.228 e. The fourth-order valence-electron chi connectivity index (χ4n) is 3.54. The highest BCUT2D eigenvalue weighted by atomic mass is 35.5. The highest BCUT2D eigenvalue weighted by Crippen LogP contribution is 2.32. The predicted octanol–water partition coefficient (Wildman–Crippen LogP) is 5.00. The van der Waals surface area contributed by atoms with Crippen molar-refractivity contribution in [2.45, 2.75) is 31.8 Å². The van der Waals surface area contributed by atoms with E-state index in [0.29, 0.717) is 12.0 Å². The number of likely N-dealkylation sites (tertiary alicyclic amines) is 1. The number of hydrogen-bond acceptors (Lipinski definition) is 5. The minimum Gasteiger partial charge on any atom is -0.309 e. The third kappa shape index (κ3) is 4.62. The Labute approximate surface area is 164 Å². The van der Waals surface area contributed by atoms with Crippen molar-refractivity contribution in [3.63, 3.8) is 0 Å². The van der Waals surface area contributed by atoms with Gasteiger partial charge in [0.1, 0.15) is 5.82 Å². The second-order valence-electron chi connectivity index (χ2n) is 6.78. The number of nitrogens with one attached hydrogen (secondary N) is 1. The van der Waals surface area contributed by atoms with Gasteiger partial charge in [0, 0.05) is 36.2 Å². The zero-order chi connectivity index (χ0) is 18.5. The number of piperidine rings is 1. The minimum atomic E-state index is 0.393. The molecule has 5 nitrogen and oxygen atoms in total. The molecular weight excluding hydrogens is 358 g/mol. The third-order valence-electron chi connectivity index (χ3n) is 4.89. The van der Waals surface area contributed by atoms with E-state index in [0.717, 1.165) is 30.4 Å². The molecule has 1 aromatic carbocycles. The first-order chi connectivity index (χ1) is 13.3. The molecule has 0 unspecified atom stereocenters. The lowest BCUT2D eigenvalue weighted by Gasteiger charge is -2.36. The van der Waals surface area contributed by atoms with E-state index in [1.807, 2.05) is 24.4 Å². The van der Waals surface area contributed by atoms with E-state index in [1.165, 1.54) is 24.0 Å². The molecule has 0 saturated carbocycles. The molecule has 3 heterocycles. The first-order valence-corrected chi connectivity index (χ1v) is 9.64. The van der Waals surface area contributed by atoms with Crippen LogP contribution in [0.1, 0.15) is 36.4 Å². The van der Waals surface area contributed by atoms with Crippen LogP contribution < -0.4 is 5.32 Å². The summed E-state index contributed by atoms with van der Waals surface area (Å²) >= 11 is 6.02. The summed E-state index contributed by atoms with van der Waals surface area (Å²) in [6.45, 7) is 2.03. The zero-order valence-electron chi connectivity index (χ0n) is 15.1. The van der Waals surface area contributed by atoms with Crippen LogP contribution in [0.25, 0.3) is 0 Å². The monoisotopic (exact) mass is 379 g/mol. The number of halogens is 1. The normalized spacial score (nSPS) is 17.6. The Morgan fingerprint density at radius 2 is 1.81 bits per heavy atom. The summed E-state index contributed by atoms with van der Waals surface area (Å²) in [5, 5.41) is 3.91. The molecule has 6 heteroatoms. The lowest BCUT2D eigenvalue weighted by Crippen LogP contribution is -2.33. The molecule has 0 radical (unpaired) electrons. The van der Waals surface area contributed by atoms with Gasteiger partial charge in [-0.05, 0) is 54.8 Å². The summed E-state index contributed by atoms with van der Waals surface area (Å²) in [4.78, 5) is 15.4. The molecule has 4 rings (SSSR count). The van der Waals surface area contributed by atoms with Gasteiger partial charge in [0.05, 0.1) is 0 Å². The maximum Gasteiger partial charge on any atom is 0.228 e. The molecule has 1 N–H and O–H groups in total. The zero-order valence-corrected chi connectivity index (χ0v) is 15.8. The van der Waals surface area contributed by atoms with Crippen molar-refractivity contribution in [1.29, 1.82) is 0 Å². The largest absolute Gasteiger partial charge is 0.309 e. The molecule has 0 bridgehead atoms. The Balaban J connectivity index is 1.47. The Hall–Kier alpha value is -2.50. The molecule has 0 spiro atoms. The van der Waals surface area contributed by atoms with Crippen LogP contribution in [-0.4, -0.2) is 26.4 Å². The van der Waals surface area contributed by atoms with Crippen LogP contribution in [0.2, 0.25) is 5.02 Å². The van der Waals surface area contributed by atoms with Gasteiger partial charge in [-0.1, -0.05) is 36.2 Å². The summed E-state index contributed by atoms with van der Waals surface area (Å²) in [6, 6.07) is 14.5. The molecule has 1 fully saturated rings. The van der Waals surface area contributed by atoms with Crippen molar-refractivity contribution in [3.05, 3.63) is 77.2 Å². The predicted molar refractivity (Wildman–Crippen MR) is 108 cm³/mol. The first kappa shape index (κ1) is 17.9. The fourth-order valence-corrected chi connectivity index (χ4v) is 3.66. The summed E-state index contributed by atoms with van der Waals surface area (Å²) in [5.74, 6) is 1.31. The van der Waals surface area contributed by atoms with Crippen LogP contribution in [0, 0.1) is 0 Å². The molecule has 0 aliphatic carbocycles. The van der Waals surface area contributed by atoms with Gasteiger partial charge in [0.15, 0.2) is 0 Å². The average molecular weight is 380 g/mol. The number of aromatic nitrogens is 3. The molecule has 1 atom stereocenters. The first-order valence-electron chi connectivity index (χ1n) is 9.26. The van der Waals surface area contributed by atoms with E-state index in [9.17, 15) is 0 Å². The lowest BCUT2D eigenvalue weighted by atomic mass is 9.95. The standard InChI is InChI=1S/C21H22ClN5/c22-18-8-5-16(6-9-18)15-27-13-2-1-4-19(27)17-7-10-20(25-14-17)26-21-23-11-3-12-24-21/h3,5-12,14,19H,1-2,4,13,15H2,(H,23,24,25,26)/t19-/m0/s1. The average Bonchev–Trinajstić information content (AvgIpc) is 2.72. The van der Waals surface area contributed by atoms with Crippen LogP contribution in [0.15, 0.2) is 61.1 Å². The second-order valence-corrected chi connectivity index (χ2v) is 7.22. The lowest BCUT2D eigenvalue weighted by molar-refractivity contribution is 0.140. The Kier molecular flexibility index (Phi) is 5.61. The molecule has 1 aliphatic rings. The molecule has 3 aromatic rings. The van der Waals surface area contributed by atoms with Crippen molar-refractivity contribution in [3.8, 4) is 0 Å². The summed E-state index contributed by atoms with van der Waals surface area (Å²) in [7, 11) is 0. The van der Waals surface area contributed by atoms with Gasteiger partial charge in [-0.15, -0.1) is 0 Å². The molecule has 0 amide bonds. The Bertz CT molecular complexity index is 852. The molecular formula is C21H22ClN5. The van der Waals surface area contributed by atoms with Crippen LogP contribution in [0.5, 0.6) is 0 Å². The van der Waals surface area contributed by atoms with Crippen LogP contribution in [-0.2, 0) is 6.54 Å². The van der Waals surface area contributed by atoms with Crippen molar-refractivity contribution in [1.82, 2.24) is 19.9 Å². The van der Waals surface area contributed by atoms with Gasteiger partial charge in [-0.25, -0.2) is 15.0 Å². The number of pyridine rings is 1. The second kappa shape index (κ2) is 8.46. The van der Waals surface area contributed by atoms with Gasteiger partial charge in [0.2, 0.25) is 5.95 Å². The van der Waals surface area contributed by atoms with Gasteiger partial charge in [0.25, 0.3) is 0 Å². The van der Waals surface area contributed by atoms with Gasteiger partial charge >= 0.3 is 0 Å². The number of rotatable bonds is 5. The fraction of sp³-hybridized carbons (Fsp3) is 0.286. The number of anilines is 2. The topological polar surface area (TPSA) is 53.9 Å². The molecule has 27 heavy (non-hydrogen) atoms. The number of hydrogen-bond donors (Lipinski definition) is 1. The summed E-state index contributed by atoms with van der Waals surface area (Å²) in [6.07, 6.45) is 9.03. The maximum atomic E-state index is 6.02. The highest BCUT2D eigenvalue weighted by molar-refractivity contribution is 6.30. The number of nitrogens with zero attached hydrogens (tertiary/aromatic N) is 4. The van der Waals surface area contributed by atoms with Crippen molar-refractivity contribution in [2.75, 3.05) is 11.9 Å². The summed E-state index contributed by atoms with van der Waals surface area (Å²) in [5.41, 5.74) is 2.54. The van der Waals surface area contributed by atoms with E-state index in [4.69, 9.17) is 11.6 Å². The van der Waals surface area contributed by atoms with Gasteiger partial charge < -0.3 is 5.32 Å². The van der Waals surface area contributed by atoms with E-state index in [1.54, 1.807) is 18.5 Å². The molecule has 1 aliphatic heterocycles. The van der Waals surface area contributed by atoms with Crippen LogP contribution in [0.3, 0.4) is 0 Å². The van der Waals surface area contributed by atoms with Crippen LogP contribution in [0.4, 0.5) is 11.8 Å². The Morgan fingerprint density at radius 1 is 1.00 bits per heavy atom. The summed E-state index contributed by atoms with van der Waals surface area (Å²) < 4.78 is 0. The van der Waals surface area contributed by atoms with Gasteiger partial charge in [-0.2, -0.15) is 0 Å². The molecule has 138 valence electrons. The van der Waals surface area contributed by atoms with E-state index >= 15 is 0 Å². The minimum absolute atomic E-state index is 0.393. The van der Waals surface area contributed by atoms with E-state index in [2.05, 4.69) is 43.4 Å². The quantitative estimate of drug-likeness (QED) is 0.676. The van der Waals surface area contributed by atoms with Crippen LogP contribution >= 0.6 is 11.6 Å².